The minimum absolute atomic E-state index is 0.0584. The average Bonchev–Trinajstić information content (AvgIpc) is 2.94. The summed E-state index contributed by atoms with van der Waals surface area (Å²) in [5.74, 6) is 0.901. The fourth-order valence-corrected chi connectivity index (χ4v) is 3.08. The van der Waals surface area contributed by atoms with E-state index in [4.69, 9.17) is 11.6 Å². The number of anilines is 1. The van der Waals surface area contributed by atoms with E-state index in [2.05, 4.69) is 15.5 Å². The number of benzene rings is 2. The highest BCUT2D eigenvalue weighted by molar-refractivity contribution is 6.30. The van der Waals surface area contributed by atoms with Crippen molar-refractivity contribution < 1.29 is 9.50 Å². The first-order valence-electron chi connectivity index (χ1n) is 7.52. The van der Waals surface area contributed by atoms with Crippen molar-refractivity contribution in [2.24, 2.45) is 0 Å². The molecule has 0 fully saturated rings. The summed E-state index contributed by atoms with van der Waals surface area (Å²) in [4.78, 5) is 0. The molecule has 1 atom stereocenters. The van der Waals surface area contributed by atoms with Gasteiger partial charge in [-0.1, -0.05) is 18.5 Å². The minimum atomic E-state index is -0.417. The molecule has 24 heavy (non-hydrogen) atoms. The molecule has 0 spiro atoms. The predicted octanol–water partition coefficient (Wildman–Crippen LogP) is 3.96. The lowest BCUT2D eigenvalue weighted by atomic mass is 10.1. The average molecular weight is 345 g/mol. The van der Waals surface area contributed by atoms with E-state index in [9.17, 15) is 9.50 Å². The molecule has 122 valence electrons. The maximum Gasteiger partial charge on any atom is 0.171 e. The second kappa shape index (κ2) is 5.49. The van der Waals surface area contributed by atoms with Crippen molar-refractivity contribution in [1.82, 2.24) is 14.8 Å². The molecule has 0 amide bonds. The zero-order valence-electron chi connectivity index (χ0n) is 12.8. The molecule has 3 aromatic rings. The van der Waals surface area contributed by atoms with Crippen molar-refractivity contribution in [3.05, 3.63) is 53.1 Å². The number of rotatable bonds is 1. The van der Waals surface area contributed by atoms with Crippen molar-refractivity contribution >= 4 is 17.3 Å². The summed E-state index contributed by atoms with van der Waals surface area (Å²) in [6, 6.07) is 9.32. The Hall–Kier alpha value is -2.60. The van der Waals surface area contributed by atoms with Gasteiger partial charge in [0.1, 0.15) is 17.4 Å². The Morgan fingerprint density at radius 1 is 1.25 bits per heavy atom. The van der Waals surface area contributed by atoms with Gasteiger partial charge < -0.3 is 10.4 Å². The number of hydrogen-bond donors (Lipinski definition) is 2. The quantitative estimate of drug-likeness (QED) is 0.701. The Morgan fingerprint density at radius 3 is 2.92 bits per heavy atom. The Labute approximate surface area is 142 Å². The van der Waals surface area contributed by atoms with Crippen LogP contribution in [0.5, 0.6) is 5.75 Å². The van der Waals surface area contributed by atoms with Gasteiger partial charge in [-0.2, -0.15) is 0 Å². The summed E-state index contributed by atoms with van der Waals surface area (Å²) < 4.78 is 16.2. The topological polar surface area (TPSA) is 63.0 Å². The zero-order chi connectivity index (χ0) is 16.8. The van der Waals surface area contributed by atoms with Crippen LogP contribution in [-0.4, -0.2) is 26.4 Å². The molecule has 0 aliphatic carbocycles. The monoisotopic (exact) mass is 344 g/mol. The Balaban J connectivity index is 2.02. The van der Waals surface area contributed by atoms with Crippen molar-refractivity contribution in [1.29, 1.82) is 0 Å². The SMILES string of the molecule is C[C@@H]1CNc2cc(O)ccc2-n2c(-c3cc(Cl)ccc3F)nnc21. The van der Waals surface area contributed by atoms with Gasteiger partial charge in [-0.3, -0.25) is 4.57 Å². The van der Waals surface area contributed by atoms with E-state index in [0.717, 1.165) is 17.2 Å². The number of aromatic hydroxyl groups is 1. The van der Waals surface area contributed by atoms with Crippen LogP contribution in [0.3, 0.4) is 0 Å². The van der Waals surface area contributed by atoms with Crippen LogP contribution in [-0.2, 0) is 0 Å². The highest BCUT2D eigenvalue weighted by atomic mass is 35.5. The third-order valence-electron chi connectivity index (χ3n) is 4.12. The largest absolute Gasteiger partial charge is 0.508 e. The van der Waals surface area contributed by atoms with Gasteiger partial charge in [0.15, 0.2) is 5.82 Å². The van der Waals surface area contributed by atoms with E-state index < -0.39 is 5.82 Å². The van der Waals surface area contributed by atoms with Crippen LogP contribution < -0.4 is 5.32 Å². The van der Waals surface area contributed by atoms with E-state index in [1.807, 2.05) is 11.5 Å². The van der Waals surface area contributed by atoms with Crippen LogP contribution in [0.15, 0.2) is 36.4 Å². The van der Waals surface area contributed by atoms with E-state index in [-0.39, 0.29) is 17.2 Å². The van der Waals surface area contributed by atoms with Crippen LogP contribution in [0.1, 0.15) is 18.7 Å². The molecule has 2 aromatic carbocycles. The number of nitrogens with zero attached hydrogens (tertiary/aromatic N) is 3. The normalized spacial score (nSPS) is 16.0. The second-order valence-electron chi connectivity index (χ2n) is 5.82. The molecule has 4 rings (SSSR count). The maximum atomic E-state index is 14.3. The summed E-state index contributed by atoms with van der Waals surface area (Å²) in [7, 11) is 0. The minimum Gasteiger partial charge on any atom is -0.508 e. The highest BCUT2D eigenvalue weighted by Gasteiger charge is 2.26. The third-order valence-corrected chi connectivity index (χ3v) is 4.35. The second-order valence-corrected chi connectivity index (χ2v) is 6.26. The Morgan fingerprint density at radius 2 is 2.08 bits per heavy atom. The lowest BCUT2D eigenvalue weighted by Crippen LogP contribution is -2.09. The van der Waals surface area contributed by atoms with Gasteiger partial charge in [-0.05, 0) is 30.3 Å². The van der Waals surface area contributed by atoms with Crippen LogP contribution >= 0.6 is 11.6 Å². The number of nitrogens with one attached hydrogen (secondary N) is 1. The highest BCUT2D eigenvalue weighted by Crippen LogP contribution is 2.36. The molecular weight excluding hydrogens is 331 g/mol. The van der Waals surface area contributed by atoms with Crippen LogP contribution in [0, 0.1) is 5.82 Å². The first kappa shape index (κ1) is 15.0. The molecule has 0 saturated carbocycles. The van der Waals surface area contributed by atoms with Gasteiger partial charge in [-0.15, -0.1) is 10.2 Å². The molecule has 0 saturated heterocycles. The molecule has 2 N–H and O–H groups in total. The number of fused-ring (bicyclic) bond motifs is 3. The summed E-state index contributed by atoms with van der Waals surface area (Å²) in [5, 5.41) is 21.9. The summed E-state index contributed by atoms with van der Waals surface area (Å²) in [6.07, 6.45) is 0. The fraction of sp³-hybridized carbons (Fsp3) is 0.176. The lowest BCUT2D eigenvalue weighted by molar-refractivity contribution is 0.475. The van der Waals surface area contributed by atoms with Gasteiger partial charge in [0.2, 0.25) is 0 Å². The molecule has 1 aliphatic rings. The van der Waals surface area contributed by atoms with Gasteiger partial charge in [-0.25, -0.2) is 4.39 Å². The molecule has 0 unspecified atom stereocenters. The van der Waals surface area contributed by atoms with Gasteiger partial charge in [0, 0.05) is 23.6 Å². The maximum absolute atomic E-state index is 14.3. The van der Waals surface area contributed by atoms with E-state index in [1.165, 1.54) is 18.2 Å². The smallest absolute Gasteiger partial charge is 0.171 e. The molecule has 0 radical (unpaired) electrons. The molecule has 1 aromatic heterocycles. The van der Waals surface area contributed by atoms with Gasteiger partial charge in [0.05, 0.1) is 16.9 Å². The number of phenols is 1. The van der Waals surface area contributed by atoms with Crippen LogP contribution in [0.25, 0.3) is 17.1 Å². The number of aromatic nitrogens is 3. The lowest BCUT2D eigenvalue weighted by Gasteiger charge is -2.13. The van der Waals surface area contributed by atoms with E-state index in [0.29, 0.717) is 17.4 Å². The first-order chi connectivity index (χ1) is 11.5. The fourth-order valence-electron chi connectivity index (χ4n) is 2.91. The zero-order valence-corrected chi connectivity index (χ0v) is 13.5. The third kappa shape index (κ3) is 2.30. The standard InChI is InChI=1S/C17H14ClFN4O/c1-9-8-20-14-7-11(24)3-5-15(14)23-16(9)21-22-17(23)12-6-10(18)2-4-13(12)19/h2-7,9,20,24H,8H2,1H3/t9-/m1/s1. The number of phenolic OH excluding ortho intramolecular Hbond substituents is 1. The van der Waals surface area contributed by atoms with E-state index in [1.54, 1.807) is 18.2 Å². The predicted molar refractivity (Wildman–Crippen MR) is 90.3 cm³/mol. The molecule has 0 bridgehead atoms. The number of hydrogen-bond acceptors (Lipinski definition) is 4. The molecule has 5 nitrogen and oxygen atoms in total. The summed E-state index contributed by atoms with van der Waals surface area (Å²) >= 11 is 6.03. The Bertz CT molecular complexity index is 940. The Kier molecular flexibility index (Phi) is 3.42. The first-order valence-corrected chi connectivity index (χ1v) is 7.90. The van der Waals surface area contributed by atoms with Crippen molar-refractivity contribution in [2.75, 3.05) is 11.9 Å². The van der Waals surface area contributed by atoms with Crippen molar-refractivity contribution in [2.45, 2.75) is 12.8 Å². The van der Waals surface area contributed by atoms with Crippen molar-refractivity contribution in [3.63, 3.8) is 0 Å². The van der Waals surface area contributed by atoms with Crippen molar-refractivity contribution in [3.8, 4) is 22.8 Å². The van der Waals surface area contributed by atoms with Gasteiger partial charge >= 0.3 is 0 Å². The molecule has 1 aliphatic heterocycles. The van der Waals surface area contributed by atoms with E-state index >= 15 is 0 Å². The summed E-state index contributed by atoms with van der Waals surface area (Å²) in [5.41, 5.74) is 1.78. The molecule has 7 heteroatoms. The van der Waals surface area contributed by atoms with Gasteiger partial charge in [0.25, 0.3) is 0 Å². The summed E-state index contributed by atoms with van der Waals surface area (Å²) in [6.45, 7) is 2.64. The molecule has 2 heterocycles. The van der Waals surface area contributed by atoms with Crippen LogP contribution in [0.4, 0.5) is 10.1 Å². The number of halogens is 2. The van der Waals surface area contributed by atoms with Crippen LogP contribution in [0.2, 0.25) is 5.02 Å². The molecular formula is C17H14ClFN4O.